The number of aromatic nitrogens is 1. The molecule has 0 bridgehead atoms. The Morgan fingerprint density at radius 3 is 2.82 bits per heavy atom. The van der Waals surface area contributed by atoms with Gasteiger partial charge in [0.1, 0.15) is 0 Å². The second-order valence-corrected chi connectivity index (χ2v) is 4.47. The molecule has 0 aliphatic heterocycles. The maximum atomic E-state index is 12.4. The zero-order valence-electron chi connectivity index (χ0n) is 10.0. The van der Waals surface area contributed by atoms with Gasteiger partial charge in [-0.2, -0.15) is 0 Å². The predicted molar refractivity (Wildman–Crippen MR) is 66.6 cm³/mol. The number of hydrogen-bond donors (Lipinski definition) is 1. The predicted octanol–water partition coefficient (Wildman–Crippen LogP) is 1.43. The summed E-state index contributed by atoms with van der Waals surface area (Å²) in [6, 6.07) is 3.97. The molecular weight excluding hydrogens is 214 g/mol. The molecule has 0 aromatic carbocycles. The maximum Gasteiger partial charge on any atom is 0.255 e. The molecular formula is C13H19N3O. The van der Waals surface area contributed by atoms with Crippen molar-refractivity contribution in [2.75, 3.05) is 13.1 Å². The van der Waals surface area contributed by atoms with Crippen molar-refractivity contribution < 1.29 is 4.79 Å². The Bertz CT molecular complexity index is 360. The third kappa shape index (κ3) is 2.82. The number of nitrogens with two attached hydrogens (primary N) is 1. The van der Waals surface area contributed by atoms with E-state index in [2.05, 4.69) is 4.98 Å². The van der Waals surface area contributed by atoms with Crippen molar-refractivity contribution in [3.8, 4) is 0 Å². The minimum absolute atomic E-state index is 0.0652. The normalized spacial score (nSPS) is 16.1. The molecule has 1 aromatic rings. The molecule has 0 spiro atoms. The first kappa shape index (κ1) is 12.0. The topological polar surface area (TPSA) is 59.2 Å². The lowest BCUT2D eigenvalue weighted by Crippen LogP contribution is -2.42. The van der Waals surface area contributed by atoms with Gasteiger partial charge in [-0.3, -0.25) is 9.78 Å². The summed E-state index contributed by atoms with van der Waals surface area (Å²) in [6.45, 7) is 1.15. The van der Waals surface area contributed by atoms with E-state index in [0.29, 0.717) is 24.7 Å². The van der Waals surface area contributed by atoms with Crippen LogP contribution in [0.25, 0.3) is 0 Å². The van der Waals surface area contributed by atoms with Crippen LogP contribution in [-0.4, -0.2) is 34.9 Å². The summed E-state index contributed by atoms with van der Waals surface area (Å²) in [4.78, 5) is 18.3. The van der Waals surface area contributed by atoms with Crippen molar-refractivity contribution in [3.63, 3.8) is 0 Å². The first-order chi connectivity index (χ1) is 8.33. The van der Waals surface area contributed by atoms with Crippen molar-refractivity contribution in [1.82, 2.24) is 9.88 Å². The van der Waals surface area contributed by atoms with Crippen LogP contribution < -0.4 is 5.73 Å². The Morgan fingerprint density at radius 2 is 2.24 bits per heavy atom. The van der Waals surface area contributed by atoms with Crippen molar-refractivity contribution in [1.29, 1.82) is 0 Å². The van der Waals surface area contributed by atoms with E-state index in [1.54, 1.807) is 18.5 Å². The number of pyridine rings is 1. The monoisotopic (exact) mass is 233 g/mol. The van der Waals surface area contributed by atoms with Gasteiger partial charge in [0.2, 0.25) is 0 Å². The first-order valence-electron chi connectivity index (χ1n) is 6.24. The molecule has 1 heterocycles. The molecule has 2 N–H and O–H groups in total. The fourth-order valence-electron chi connectivity index (χ4n) is 2.46. The lowest BCUT2D eigenvalue weighted by molar-refractivity contribution is 0.0687. The van der Waals surface area contributed by atoms with Gasteiger partial charge in [-0.1, -0.05) is 12.8 Å². The number of carbonyl (C=O) groups excluding carboxylic acids is 1. The first-order valence-corrected chi connectivity index (χ1v) is 6.24. The van der Waals surface area contributed by atoms with Crippen LogP contribution >= 0.6 is 0 Å². The molecule has 92 valence electrons. The lowest BCUT2D eigenvalue weighted by Gasteiger charge is -2.28. The average molecular weight is 233 g/mol. The third-order valence-corrected chi connectivity index (χ3v) is 3.30. The fourth-order valence-corrected chi connectivity index (χ4v) is 2.46. The summed E-state index contributed by atoms with van der Waals surface area (Å²) in [5, 5.41) is 0. The lowest BCUT2D eigenvalue weighted by atomic mass is 10.1. The largest absolute Gasteiger partial charge is 0.334 e. The van der Waals surface area contributed by atoms with E-state index in [9.17, 15) is 4.79 Å². The molecule has 0 saturated heterocycles. The van der Waals surface area contributed by atoms with E-state index >= 15 is 0 Å². The molecule has 4 heteroatoms. The van der Waals surface area contributed by atoms with Gasteiger partial charge in [-0.15, -0.1) is 0 Å². The van der Waals surface area contributed by atoms with Crippen LogP contribution in [0.3, 0.4) is 0 Å². The zero-order chi connectivity index (χ0) is 12.1. The van der Waals surface area contributed by atoms with Gasteiger partial charge in [0, 0.05) is 31.5 Å². The quantitative estimate of drug-likeness (QED) is 0.855. The van der Waals surface area contributed by atoms with Gasteiger partial charge in [0.25, 0.3) is 5.91 Å². The third-order valence-electron chi connectivity index (χ3n) is 3.30. The SMILES string of the molecule is NCCN(C(=O)c1cccnc1)C1CCCC1. The molecule has 1 saturated carbocycles. The zero-order valence-corrected chi connectivity index (χ0v) is 10.0. The Kier molecular flexibility index (Phi) is 4.09. The van der Waals surface area contributed by atoms with Gasteiger partial charge in [-0.05, 0) is 25.0 Å². The van der Waals surface area contributed by atoms with E-state index in [0.717, 1.165) is 12.8 Å². The summed E-state index contributed by atoms with van der Waals surface area (Å²) in [6.07, 6.45) is 7.94. The van der Waals surface area contributed by atoms with E-state index in [4.69, 9.17) is 5.73 Å². The van der Waals surface area contributed by atoms with Crippen LogP contribution in [0.5, 0.6) is 0 Å². The Balaban J connectivity index is 2.12. The van der Waals surface area contributed by atoms with Crippen molar-refractivity contribution >= 4 is 5.91 Å². The summed E-state index contributed by atoms with van der Waals surface area (Å²) in [5.41, 5.74) is 6.26. The molecule has 0 radical (unpaired) electrons. The van der Waals surface area contributed by atoms with E-state index in [-0.39, 0.29) is 5.91 Å². The van der Waals surface area contributed by atoms with Crippen LogP contribution in [-0.2, 0) is 0 Å². The number of amides is 1. The van der Waals surface area contributed by atoms with Crippen LogP contribution in [0, 0.1) is 0 Å². The molecule has 0 atom stereocenters. The van der Waals surface area contributed by atoms with E-state index < -0.39 is 0 Å². The van der Waals surface area contributed by atoms with Crippen LogP contribution in [0.15, 0.2) is 24.5 Å². The smallest absolute Gasteiger partial charge is 0.255 e. The molecule has 4 nitrogen and oxygen atoms in total. The van der Waals surface area contributed by atoms with Gasteiger partial charge >= 0.3 is 0 Å². The van der Waals surface area contributed by atoms with E-state index in [1.807, 2.05) is 11.0 Å². The molecule has 1 amide bonds. The average Bonchev–Trinajstić information content (AvgIpc) is 2.90. The summed E-state index contributed by atoms with van der Waals surface area (Å²) in [5.74, 6) is 0.0652. The van der Waals surface area contributed by atoms with Gasteiger partial charge in [0.15, 0.2) is 0 Å². The number of hydrogen-bond acceptors (Lipinski definition) is 3. The molecule has 0 unspecified atom stereocenters. The number of carbonyl (C=O) groups is 1. The summed E-state index contributed by atoms with van der Waals surface area (Å²) < 4.78 is 0. The highest BCUT2D eigenvalue weighted by molar-refractivity contribution is 5.94. The molecule has 17 heavy (non-hydrogen) atoms. The summed E-state index contributed by atoms with van der Waals surface area (Å²) >= 11 is 0. The second kappa shape index (κ2) is 5.77. The summed E-state index contributed by atoms with van der Waals surface area (Å²) in [7, 11) is 0. The van der Waals surface area contributed by atoms with Crippen LogP contribution in [0.4, 0.5) is 0 Å². The van der Waals surface area contributed by atoms with Crippen molar-refractivity contribution in [2.24, 2.45) is 5.73 Å². The second-order valence-electron chi connectivity index (χ2n) is 4.47. The van der Waals surface area contributed by atoms with Crippen molar-refractivity contribution in [3.05, 3.63) is 30.1 Å². The molecule has 1 aliphatic rings. The molecule has 1 aliphatic carbocycles. The highest BCUT2D eigenvalue weighted by atomic mass is 16.2. The Morgan fingerprint density at radius 1 is 1.47 bits per heavy atom. The standard InChI is InChI=1S/C13H19N3O/c14-7-9-16(12-5-1-2-6-12)13(17)11-4-3-8-15-10-11/h3-4,8,10,12H,1-2,5-7,9,14H2. The number of rotatable bonds is 4. The van der Waals surface area contributed by atoms with Gasteiger partial charge < -0.3 is 10.6 Å². The Labute approximate surface area is 102 Å². The molecule has 2 rings (SSSR count). The van der Waals surface area contributed by atoms with Crippen molar-refractivity contribution in [2.45, 2.75) is 31.7 Å². The minimum atomic E-state index is 0.0652. The maximum absolute atomic E-state index is 12.4. The minimum Gasteiger partial charge on any atom is -0.334 e. The molecule has 1 aromatic heterocycles. The van der Waals surface area contributed by atoms with Gasteiger partial charge in [0.05, 0.1) is 5.56 Å². The van der Waals surface area contributed by atoms with Gasteiger partial charge in [-0.25, -0.2) is 0 Å². The van der Waals surface area contributed by atoms with Crippen LogP contribution in [0.2, 0.25) is 0 Å². The number of nitrogens with zero attached hydrogens (tertiary/aromatic N) is 2. The highest BCUT2D eigenvalue weighted by Crippen LogP contribution is 2.24. The Hall–Kier alpha value is -1.42. The highest BCUT2D eigenvalue weighted by Gasteiger charge is 2.26. The fraction of sp³-hybridized carbons (Fsp3) is 0.538. The van der Waals surface area contributed by atoms with E-state index in [1.165, 1.54) is 12.8 Å². The van der Waals surface area contributed by atoms with Crippen LogP contribution in [0.1, 0.15) is 36.0 Å². The molecule has 1 fully saturated rings.